The second-order valence-electron chi connectivity index (χ2n) is 6.64. The molecular formula is C17H26N2OS. The lowest BCUT2D eigenvalue weighted by Crippen LogP contribution is -2.49. The van der Waals surface area contributed by atoms with Gasteiger partial charge >= 0.3 is 0 Å². The lowest BCUT2D eigenvalue weighted by Gasteiger charge is -2.43. The second-order valence-corrected chi connectivity index (χ2v) is 7.89. The van der Waals surface area contributed by atoms with Gasteiger partial charge in [-0.15, -0.1) is 11.3 Å². The number of fused-ring (bicyclic) bond motifs is 2. The molecule has 2 bridgehead atoms. The lowest BCUT2D eigenvalue weighted by atomic mass is 9.65. The van der Waals surface area contributed by atoms with Crippen LogP contribution in [0, 0.1) is 17.8 Å². The molecule has 1 aromatic rings. The number of nitrogens with two attached hydrogens (primary N) is 1. The van der Waals surface area contributed by atoms with Crippen LogP contribution in [0.15, 0.2) is 12.1 Å². The Morgan fingerprint density at radius 1 is 1.29 bits per heavy atom. The zero-order chi connectivity index (χ0) is 14.8. The van der Waals surface area contributed by atoms with Crippen molar-refractivity contribution in [2.75, 3.05) is 0 Å². The molecule has 3 nitrogen and oxygen atoms in total. The fraction of sp³-hybridized carbons (Fsp3) is 0.706. The molecule has 0 aliphatic heterocycles. The maximum absolute atomic E-state index is 12.4. The molecule has 0 saturated heterocycles. The molecule has 1 aromatic heterocycles. The Kier molecular flexibility index (Phi) is 4.65. The molecule has 0 spiro atoms. The van der Waals surface area contributed by atoms with Crippen molar-refractivity contribution in [3.05, 3.63) is 21.9 Å². The molecule has 3 rings (SSSR count). The number of amides is 1. The van der Waals surface area contributed by atoms with Crippen LogP contribution in [0.5, 0.6) is 0 Å². The number of nitrogens with one attached hydrogen (secondary N) is 1. The summed E-state index contributed by atoms with van der Waals surface area (Å²) in [6.07, 6.45) is 6.79. The van der Waals surface area contributed by atoms with Gasteiger partial charge in [0.2, 0.25) is 5.91 Å². The summed E-state index contributed by atoms with van der Waals surface area (Å²) in [5.74, 6) is 1.57. The minimum Gasteiger partial charge on any atom is -0.351 e. The van der Waals surface area contributed by atoms with Crippen LogP contribution in [0.1, 0.15) is 48.8 Å². The number of aryl methyl sites for hydroxylation is 1. The first kappa shape index (κ1) is 15.0. The van der Waals surface area contributed by atoms with Gasteiger partial charge < -0.3 is 11.1 Å². The molecule has 2 atom stereocenters. The average Bonchev–Trinajstić information content (AvgIpc) is 2.92. The van der Waals surface area contributed by atoms with Gasteiger partial charge in [-0.1, -0.05) is 13.3 Å². The van der Waals surface area contributed by atoms with Gasteiger partial charge in [0.15, 0.2) is 0 Å². The van der Waals surface area contributed by atoms with Crippen LogP contribution in [0.4, 0.5) is 0 Å². The Morgan fingerprint density at radius 2 is 1.95 bits per heavy atom. The highest BCUT2D eigenvalue weighted by Gasteiger charge is 2.40. The molecule has 2 saturated carbocycles. The van der Waals surface area contributed by atoms with Crippen molar-refractivity contribution < 1.29 is 4.79 Å². The van der Waals surface area contributed by atoms with E-state index >= 15 is 0 Å². The van der Waals surface area contributed by atoms with Gasteiger partial charge in [-0.3, -0.25) is 4.79 Å². The maximum Gasteiger partial charge on any atom is 0.223 e. The van der Waals surface area contributed by atoms with Crippen LogP contribution in [0.2, 0.25) is 0 Å². The van der Waals surface area contributed by atoms with Crippen molar-refractivity contribution in [1.29, 1.82) is 0 Å². The first-order valence-electron chi connectivity index (χ1n) is 8.28. The molecule has 1 amide bonds. The highest BCUT2D eigenvalue weighted by atomic mass is 32.1. The number of thiophene rings is 1. The third kappa shape index (κ3) is 3.32. The Morgan fingerprint density at radius 3 is 2.57 bits per heavy atom. The molecule has 2 aliphatic carbocycles. The van der Waals surface area contributed by atoms with Crippen molar-refractivity contribution in [3.8, 4) is 0 Å². The topological polar surface area (TPSA) is 55.1 Å². The van der Waals surface area contributed by atoms with E-state index in [0.29, 0.717) is 24.4 Å². The minimum atomic E-state index is 0.186. The van der Waals surface area contributed by atoms with E-state index in [1.807, 2.05) is 0 Å². The number of carbonyl (C=O) groups excluding carboxylic acids is 1. The molecular weight excluding hydrogens is 280 g/mol. The third-order valence-corrected chi connectivity index (χ3v) is 6.52. The van der Waals surface area contributed by atoms with Crippen LogP contribution < -0.4 is 11.1 Å². The summed E-state index contributed by atoms with van der Waals surface area (Å²) in [6.45, 7) is 2.85. The van der Waals surface area contributed by atoms with Crippen molar-refractivity contribution >= 4 is 17.2 Å². The predicted molar refractivity (Wildman–Crippen MR) is 87.1 cm³/mol. The summed E-state index contributed by atoms with van der Waals surface area (Å²) in [4.78, 5) is 15.1. The number of hydrogen-bond donors (Lipinski definition) is 2. The fourth-order valence-corrected chi connectivity index (χ4v) is 4.93. The van der Waals surface area contributed by atoms with Gasteiger partial charge in [0, 0.05) is 21.7 Å². The molecule has 1 heterocycles. The fourth-order valence-electron chi connectivity index (χ4n) is 4.03. The van der Waals surface area contributed by atoms with Crippen LogP contribution in [-0.2, 0) is 17.8 Å². The third-order valence-electron chi connectivity index (χ3n) is 5.29. The summed E-state index contributed by atoms with van der Waals surface area (Å²) in [5, 5.41) is 3.14. The molecule has 2 unspecified atom stereocenters. The summed E-state index contributed by atoms with van der Waals surface area (Å²) in [7, 11) is 0. The molecule has 3 N–H and O–H groups in total. The SMILES string of the molecule is CCc1ccc(CNC(=O)C2CC3CCCC(C2)C3N)s1. The van der Waals surface area contributed by atoms with Gasteiger partial charge in [0.05, 0.1) is 6.54 Å². The van der Waals surface area contributed by atoms with Crippen LogP contribution in [0.3, 0.4) is 0 Å². The van der Waals surface area contributed by atoms with E-state index < -0.39 is 0 Å². The maximum atomic E-state index is 12.4. The molecule has 116 valence electrons. The Labute approximate surface area is 131 Å². The van der Waals surface area contributed by atoms with Gasteiger partial charge in [-0.05, 0) is 56.1 Å². The van der Waals surface area contributed by atoms with E-state index in [0.717, 1.165) is 19.3 Å². The number of hydrogen-bond acceptors (Lipinski definition) is 3. The van der Waals surface area contributed by atoms with Crippen molar-refractivity contribution in [2.45, 2.75) is 58.0 Å². The normalized spacial score (nSPS) is 31.9. The number of carbonyl (C=O) groups is 1. The Balaban J connectivity index is 1.53. The smallest absolute Gasteiger partial charge is 0.223 e. The first-order chi connectivity index (χ1) is 10.2. The first-order valence-corrected chi connectivity index (χ1v) is 9.10. The Bertz CT molecular complexity index is 485. The van der Waals surface area contributed by atoms with Crippen LogP contribution in [-0.4, -0.2) is 11.9 Å². The van der Waals surface area contributed by atoms with Gasteiger partial charge in [-0.25, -0.2) is 0 Å². The zero-order valence-corrected chi connectivity index (χ0v) is 13.6. The second kappa shape index (κ2) is 6.49. The van der Waals surface area contributed by atoms with E-state index in [4.69, 9.17) is 5.73 Å². The highest BCUT2D eigenvalue weighted by molar-refractivity contribution is 7.11. The van der Waals surface area contributed by atoms with Gasteiger partial charge in [0.25, 0.3) is 0 Å². The summed E-state index contributed by atoms with van der Waals surface area (Å²) in [6, 6.07) is 4.64. The monoisotopic (exact) mass is 306 g/mol. The standard InChI is InChI=1S/C17H26N2OS/c1-2-14-6-7-15(21-14)10-19-17(20)13-8-11-4-3-5-12(9-13)16(11)18/h6-7,11-13,16H,2-5,8-10,18H2,1H3,(H,19,20). The summed E-state index contributed by atoms with van der Waals surface area (Å²) in [5.41, 5.74) is 6.30. The van der Waals surface area contributed by atoms with Crippen molar-refractivity contribution in [3.63, 3.8) is 0 Å². The highest BCUT2D eigenvalue weighted by Crippen LogP contribution is 2.41. The van der Waals surface area contributed by atoms with Crippen LogP contribution >= 0.6 is 11.3 Å². The van der Waals surface area contributed by atoms with Crippen molar-refractivity contribution in [2.24, 2.45) is 23.5 Å². The summed E-state index contributed by atoms with van der Waals surface area (Å²) >= 11 is 1.80. The van der Waals surface area contributed by atoms with E-state index in [9.17, 15) is 4.79 Å². The largest absolute Gasteiger partial charge is 0.351 e. The van der Waals surface area contributed by atoms with E-state index in [2.05, 4.69) is 24.4 Å². The molecule has 0 radical (unpaired) electrons. The number of rotatable bonds is 4. The van der Waals surface area contributed by atoms with E-state index in [-0.39, 0.29) is 11.8 Å². The minimum absolute atomic E-state index is 0.186. The Hall–Kier alpha value is -0.870. The van der Waals surface area contributed by atoms with Crippen molar-refractivity contribution in [1.82, 2.24) is 5.32 Å². The predicted octanol–water partition coefficient (Wildman–Crippen LogP) is 3.08. The van der Waals surface area contributed by atoms with Crippen LogP contribution in [0.25, 0.3) is 0 Å². The van der Waals surface area contributed by atoms with Gasteiger partial charge in [0.1, 0.15) is 0 Å². The van der Waals surface area contributed by atoms with Gasteiger partial charge in [-0.2, -0.15) is 0 Å². The van der Waals surface area contributed by atoms with E-state index in [1.165, 1.54) is 29.0 Å². The molecule has 0 aromatic carbocycles. The molecule has 2 fully saturated rings. The van der Waals surface area contributed by atoms with E-state index in [1.54, 1.807) is 11.3 Å². The lowest BCUT2D eigenvalue weighted by molar-refractivity contribution is -0.128. The summed E-state index contributed by atoms with van der Waals surface area (Å²) < 4.78 is 0. The average molecular weight is 306 g/mol. The molecule has 21 heavy (non-hydrogen) atoms. The quantitative estimate of drug-likeness (QED) is 0.898. The molecule has 4 heteroatoms. The molecule has 2 aliphatic rings. The zero-order valence-electron chi connectivity index (χ0n) is 12.8.